The Morgan fingerprint density at radius 2 is 1.16 bits per heavy atom. The minimum Gasteiger partial charge on any atom is -0.456 e. The normalized spacial score (nSPS) is 12.8. The fraction of sp³-hybridized carbons (Fsp3) is 0.0755. The molecule has 0 saturated carbocycles. The van der Waals surface area contributed by atoms with Crippen molar-refractivity contribution in [1.29, 1.82) is 0 Å². The molecule has 1 aliphatic heterocycles. The van der Waals surface area contributed by atoms with Gasteiger partial charge in [-0.2, -0.15) is 0 Å². The van der Waals surface area contributed by atoms with Gasteiger partial charge in [-0.3, -0.25) is 4.79 Å². The van der Waals surface area contributed by atoms with Crippen LogP contribution in [0.1, 0.15) is 40.9 Å². The predicted molar refractivity (Wildman–Crippen MR) is 242 cm³/mol. The predicted octanol–water partition coefficient (Wildman–Crippen LogP) is 14.6. The van der Waals surface area contributed by atoms with Crippen molar-refractivity contribution in [3.8, 4) is 11.5 Å². The minimum atomic E-state index is -0.466. The topological polar surface area (TPSA) is 36.0 Å². The summed E-state index contributed by atoms with van der Waals surface area (Å²) < 4.78 is 6.33. The van der Waals surface area contributed by atoms with Gasteiger partial charge in [-0.05, 0) is 133 Å². The summed E-state index contributed by atoms with van der Waals surface area (Å²) >= 11 is 0. The van der Waals surface area contributed by atoms with Crippen LogP contribution in [0, 0.1) is 6.92 Å². The number of rotatable bonds is 12. The van der Waals surface area contributed by atoms with Gasteiger partial charge in [-0.25, -0.2) is 0 Å². The van der Waals surface area contributed by atoms with Crippen LogP contribution in [0.4, 0.5) is 45.5 Å². The van der Waals surface area contributed by atoms with Crippen LogP contribution in [0.2, 0.25) is 0 Å². The van der Waals surface area contributed by atoms with E-state index >= 15 is 0 Å². The van der Waals surface area contributed by atoms with E-state index in [2.05, 4.69) is 139 Å². The third-order valence-electron chi connectivity index (χ3n) is 10.8. The van der Waals surface area contributed by atoms with Crippen molar-refractivity contribution >= 4 is 51.8 Å². The number of anilines is 8. The van der Waals surface area contributed by atoms with Crippen LogP contribution >= 0.6 is 0 Å². The molecule has 0 saturated heterocycles. The molecule has 5 nitrogen and oxygen atoms in total. The number of benzene rings is 7. The highest BCUT2D eigenvalue weighted by atomic mass is 16.5. The Labute approximate surface area is 341 Å². The van der Waals surface area contributed by atoms with E-state index in [1.165, 1.54) is 0 Å². The molecule has 0 bridgehead atoms. The van der Waals surface area contributed by atoms with Crippen molar-refractivity contribution < 1.29 is 9.53 Å². The van der Waals surface area contributed by atoms with Crippen molar-refractivity contribution in [1.82, 2.24) is 0 Å². The highest BCUT2D eigenvalue weighted by Crippen LogP contribution is 2.55. The van der Waals surface area contributed by atoms with Gasteiger partial charge in [0.15, 0.2) is 6.29 Å². The molecule has 284 valence electrons. The highest BCUT2D eigenvalue weighted by molar-refractivity contribution is 5.92. The molecule has 7 aromatic carbocycles. The SMILES string of the molecule is C=C/C=C(\C=C)N(c1ccccc1)c1ccc2c(c1)C(C)(C)c1cc(N(c3ccccc3)c3ccccc3)ccc1N2c1ccc(Oc2ccccc2C)c(C=O)c1. The summed E-state index contributed by atoms with van der Waals surface area (Å²) in [4.78, 5) is 19.6. The molecule has 0 spiro atoms. The van der Waals surface area contributed by atoms with Gasteiger partial charge in [-0.1, -0.05) is 106 Å². The van der Waals surface area contributed by atoms with Crippen molar-refractivity contribution in [2.45, 2.75) is 26.2 Å². The van der Waals surface area contributed by atoms with E-state index in [-0.39, 0.29) is 0 Å². The van der Waals surface area contributed by atoms with Gasteiger partial charge >= 0.3 is 0 Å². The Balaban J connectivity index is 1.34. The Hall–Kier alpha value is -7.37. The van der Waals surface area contributed by atoms with Crippen LogP contribution in [0.5, 0.6) is 11.5 Å². The molecule has 8 rings (SSSR count). The number of para-hydroxylation sites is 4. The number of aldehydes is 1. The quantitative estimate of drug-likeness (QED) is 0.0917. The number of nitrogens with zero attached hydrogens (tertiary/aromatic N) is 3. The molecule has 58 heavy (non-hydrogen) atoms. The average molecular weight is 756 g/mol. The Morgan fingerprint density at radius 3 is 1.72 bits per heavy atom. The van der Waals surface area contributed by atoms with E-state index in [0.717, 1.165) is 74.2 Å². The standard InChI is InChI=1S/C53H45N3O2/c1-6-19-40(7-2)54(41-21-11-8-12-22-41)45-28-31-49-47(35-45)53(4,5)48-36-46(55(42-23-13-9-14-24-42)43-25-15-10-16-26-43)29-32-50(48)56(49)44-30-33-52(39(34-44)37-57)58-51-27-18-17-20-38(51)3/h6-37H,1-2H2,3-5H3/b40-19+. The second kappa shape index (κ2) is 16.0. The van der Waals surface area contributed by atoms with Gasteiger partial charge in [0.25, 0.3) is 0 Å². The van der Waals surface area contributed by atoms with Crippen molar-refractivity contribution in [3.63, 3.8) is 0 Å². The van der Waals surface area contributed by atoms with Crippen molar-refractivity contribution in [3.05, 3.63) is 229 Å². The molecular weight excluding hydrogens is 711 g/mol. The molecule has 0 unspecified atom stereocenters. The summed E-state index contributed by atoms with van der Waals surface area (Å²) in [5.74, 6) is 1.21. The maximum absolute atomic E-state index is 12.8. The van der Waals surface area contributed by atoms with Gasteiger partial charge in [0.2, 0.25) is 0 Å². The number of ether oxygens (including phenoxy) is 1. The van der Waals surface area contributed by atoms with Crippen molar-refractivity contribution in [2.75, 3.05) is 14.7 Å². The van der Waals surface area contributed by atoms with Crippen LogP contribution < -0.4 is 19.4 Å². The second-order valence-corrected chi connectivity index (χ2v) is 14.8. The van der Waals surface area contributed by atoms with E-state index in [0.29, 0.717) is 17.1 Å². The summed E-state index contributed by atoms with van der Waals surface area (Å²) in [7, 11) is 0. The lowest BCUT2D eigenvalue weighted by Gasteiger charge is -2.43. The summed E-state index contributed by atoms with van der Waals surface area (Å²) in [5, 5.41) is 0. The molecule has 7 aromatic rings. The summed E-state index contributed by atoms with van der Waals surface area (Å²) in [6.45, 7) is 14.8. The first-order valence-corrected chi connectivity index (χ1v) is 19.4. The summed E-state index contributed by atoms with van der Waals surface area (Å²) in [6, 6.07) is 58.2. The number of carbonyl (C=O) groups is 1. The van der Waals surface area contributed by atoms with E-state index < -0.39 is 5.41 Å². The Kier molecular flexibility index (Phi) is 10.4. The first-order chi connectivity index (χ1) is 28.3. The summed E-state index contributed by atoms with van der Waals surface area (Å²) in [6.07, 6.45) is 6.49. The molecule has 0 amide bonds. The Morgan fingerprint density at radius 1 is 0.603 bits per heavy atom. The van der Waals surface area contributed by atoms with Crippen LogP contribution in [0.25, 0.3) is 0 Å². The number of fused-ring (bicyclic) bond motifs is 2. The van der Waals surface area contributed by atoms with Gasteiger partial charge in [-0.15, -0.1) is 0 Å². The number of hydrogen-bond donors (Lipinski definition) is 0. The summed E-state index contributed by atoms with van der Waals surface area (Å²) in [5.41, 5.74) is 12.2. The van der Waals surface area contributed by atoms with Gasteiger partial charge in [0.05, 0.1) is 16.9 Å². The van der Waals surface area contributed by atoms with E-state index in [1.54, 1.807) is 6.08 Å². The third-order valence-corrected chi connectivity index (χ3v) is 10.8. The molecule has 5 heteroatoms. The van der Waals surface area contributed by atoms with Gasteiger partial charge < -0.3 is 19.4 Å². The molecule has 1 aliphatic rings. The Bertz CT molecular complexity index is 2610. The molecular formula is C53H45N3O2. The van der Waals surface area contributed by atoms with Crippen LogP contribution in [0.3, 0.4) is 0 Å². The monoisotopic (exact) mass is 755 g/mol. The maximum atomic E-state index is 12.8. The third kappa shape index (κ3) is 6.99. The van der Waals surface area contributed by atoms with Crippen LogP contribution in [0.15, 0.2) is 207 Å². The fourth-order valence-electron chi connectivity index (χ4n) is 7.90. The lowest BCUT2D eigenvalue weighted by atomic mass is 9.73. The van der Waals surface area contributed by atoms with Crippen LogP contribution in [-0.2, 0) is 5.41 Å². The minimum absolute atomic E-state index is 0.460. The van der Waals surface area contributed by atoms with Gasteiger partial charge in [0.1, 0.15) is 11.5 Å². The van der Waals surface area contributed by atoms with E-state index in [1.807, 2.05) is 91.9 Å². The average Bonchev–Trinajstić information content (AvgIpc) is 3.26. The largest absolute Gasteiger partial charge is 0.456 e. The molecule has 0 radical (unpaired) electrons. The highest BCUT2D eigenvalue weighted by Gasteiger charge is 2.38. The zero-order valence-corrected chi connectivity index (χ0v) is 33.0. The number of carbonyl (C=O) groups excluding carboxylic acids is 1. The van der Waals surface area contributed by atoms with E-state index in [4.69, 9.17) is 4.74 Å². The van der Waals surface area contributed by atoms with Crippen molar-refractivity contribution in [2.24, 2.45) is 0 Å². The lowest BCUT2D eigenvalue weighted by molar-refractivity contribution is 0.112. The number of aryl methyl sites for hydroxylation is 1. The number of allylic oxidation sites excluding steroid dienone is 3. The second-order valence-electron chi connectivity index (χ2n) is 14.8. The molecule has 0 aromatic heterocycles. The molecule has 0 atom stereocenters. The maximum Gasteiger partial charge on any atom is 0.153 e. The molecule has 1 heterocycles. The fourth-order valence-corrected chi connectivity index (χ4v) is 7.90. The van der Waals surface area contributed by atoms with Crippen LogP contribution in [-0.4, -0.2) is 6.29 Å². The smallest absolute Gasteiger partial charge is 0.153 e. The molecule has 0 N–H and O–H groups in total. The lowest BCUT2D eigenvalue weighted by Crippen LogP contribution is -2.31. The molecule has 0 aliphatic carbocycles. The van der Waals surface area contributed by atoms with Gasteiger partial charge in [0, 0.05) is 45.2 Å². The zero-order chi connectivity index (χ0) is 40.2. The zero-order valence-electron chi connectivity index (χ0n) is 33.0. The first-order valence-electron chi connectivity index (χ1n) is 19.4. The number of hydrogen-bond acceptors (Lipinski definition) is 5. The molecule has 0 fully saturated rings. The van der Waals surface area contributed by atoms with E-state index in [9.17, 15) is 4.79 Å². The first kappa shape index (κ1) is 37.5.